The number of hydrogen-bond acceptors (Lipinski definition) is 3. The van der Waals surface area contributed by atoms with Gasteiger partial charge < -0.3 is 15.4 Å². The highest BCUT2D eigenvalue weighted by atomic mass is 35.5. The first-order valence-corrected chi connectivity index (χ1v) is 6.37. The van der Waals surface area contributed by atoms with Gasteiger partial charge in [0.25, 0.3) is 0 Å². The minimum Gasteiger partial charge on any atom is -0.497 e. The molecule has 0 aliphatic carbocycles. The zero-order valence-electron chi connectivity index (χ0n) is 11.1. The van der Waals surface area contributed by atoms with Gasteiger partial charge in [0.05, 0.1) is 23.5 Å². The molecule has 100 valence electrons. The van der Waals surface area contributed by atoms with E-state index in [1.165, 1.54) is 5.56 Å². The fraction of sp³-hybridized carbons (Fsp3) is 0.200. The van der Waals surface area contributed by atoms with Gasteiger partial charge >= 0.3 is 0 Å². The van der Waals surface area contributed by atoms with Crippen LogP contribution in [0.4, 0.5) is 11.4 Å². The Kier molecular flexibility index (Phi) is 4.17. The second kappa shape index (κ2) is 5.85. The van der Waals surface area contributed by atoms with Crippen LogP contribution >= 0.6 is 11.6 Å². The molecule has 4 heteroatoms. The Balaban J connectivity index is 2.18. The first-order valence-electron chi connectivity index (χ1n) is 6.00. The molecule has 0 fully saturated rings. The van der Waals surface area contributed by atoms with Crippen molar-refractivity contribution in [2.45, 2.75) is 6.54 Å². The number of hydrogen-bond donors (Lipinski definition) is 1. The van der Waals surface area contributed by atoms with Crippen LogP contribution in [-0.4, -0.2) is 14.2 Å². The molecular weight excluding hydrogens is 260 g/mol. The molecule has 0 aromatic heterocycles. The Morgan fingerprint density at radius 3 is 2.42 bits per heavy atom. The molecule has 19 heavy (non-hydrogen) atoms. The number of para-hydroxylation sites is 1. The number of nitrogens with zero attached hydrogens (tertiary/aromatic N) is 1. The molecule has 0 saturated heterocycles. The average molecular weight is 277 g/mol. The van der Waals surface area contributed by atoms with Gasteiger partial charge in [0.15, 0.2) is 0 Å². The van der Waals surface area contributed by atoms with Gasteiger partial charge in [0.1, 0.15) is 5.75 Å². The monoisotopic (exact) mass is 276 g/mol. The number of ether oxygens (including phenoxy) is 1. The van der Waals surface area contributed by atoms with Crippen molar-refractivity contribution < 1.29 is 4.74 Å². The lowest BCUT2D eigenvalue weighted by Gasteiger charge is -2.22. The summed E-state index contributed by atoms with van der Waals surface area (Å²) in [6.45, 7) is 0.734. The van der Waals surface area contributed by atoms with Gasteiger partial charge in [-0.1, -0.05) is 29.8 Å². The lowest BCUT2D eigenvalue weighted by molar-refractivity contribution is 0.414. The van der Waals surface area contributed by atoms with Gasteiger partial charge in [0.2, 0.25) is 0 Å². The molecule has 0 amide bonds. The van der Waals surface area contributed by atoms with Crippen molar-refractivity contribution in [3.8, 4) is 5.75 Å². The van der Waals surface area contributed by atoms with Gasteiger partial charge in [-0.15, -0.1) is 0 Å². The van der Waals surface area contributed by atoms with Crippen molar-refractivity contribution in [2.24, 2.45) is 0 Å². The predicted octanol–water partition coefficient (Wildman–Crippen LogP) is 3.57. The molecule has 0 radical (unpaired) electrons. The summed E-state index contributed by atoms with van der Waals surface area (Å²) in [5.74, 6) is 0.851. The number of methoxy groups -OCH3 is 1. The van der Waals surface area contributed by atoms with E-state index in [2.05, 4.69) is 0 Å². The summed E-state index contributed by atoms with van der Waals surface area (Å²) in [6, 6.07) is 13.5. The second-order valence-corrected chi connectivity index (χ2v) is 4.79. The maximum atomic E-state index is 6.20. The van der Waals surface area contributed by atoms with Crippen molar-refractivity contribution in [3.63, 3.8) is 0 Å². The van der Waals surface area contributed by atoms with Crippen molar-refractivity contribution in [1.82, 2.24) is 0 Å². The normalized spacial score (nSPS) is 10.3. The molecule has 3 nitrogen and oxygen atoms in total. The van der Waals surface area contributed by atoms with E-state index in [0.717, 1.165) is 18.0 Å². The van der Waals surface area contributed by atoms with Crippen LogP contribution in [0.5, 0.6) is 5.75 Å². The van der Waals surface area contributed by atoms with Crippen LogP contribution in [0.3, 0.4) is 0 Å². The maximum Gasteiger partial charge on any atom is 0.118 e. The minimum absolute atomic E-state index is 0.663. The third-order valence-corrected chi connectivity index (χ3v) is 3.28. The summed E-state index contributed by atoms with van der Waals surface area (Å²) in [6.07, 6.45) is 0. The van der Waals surface area contributed by atoms with Gasteiger partial charge in [-0.3, -0.25) is 0 Å². The van der Waals surface area contributed by atoms with Crippen LogP contribution in [0.25, 0.3) is 0 Å². The second-order valence-electron chi connectivity index (χ2n) is 4.38. The molecule has 0 spiro atoms. The summed E-state index contributed by atoms with van der Waals surface area (Å²) >= 11 is 6.20. The van der Waals surface area contributed by atoms with E-state index < -0.39 is 0 Å². The molecule has 0 saturated carbocycles. The van der Waals surface area contributed by atoms with Crippen molar-refractivity contribution >= 4 is 23.0 Å². The number of nitrogens with two attached hydrogens (primary N) is 1. The SMILES string of the molecule is COc1ccc(CN(C)c2c(N)cccc2Cl)cc1. The molecule has 0 aliphatic heterocycles. The topological polar surface area (TPSA) is 38.5 Å². The molecule has 2 aromatic rings. The fourth-order valence-electron chi connectivity index (χ4n) is 2.02. The van der Waals surface area contributed by atoms with Crippen LogP contribution in [0.2, 0.25) is 5.02 Å². The highest BCUT2D eigenvalue weighted by molar-refractivity contribution is 6.33. The standard InChI is InChI=1S/C15H17ClN2O/c1-18(15-13(16)4-3-5-14(15)17)10-11-6-8-12(19-2)9-7-11/h3-9H,10,17H2,1-2H3. The number of anilines is 2. The average Bonchev–Trinajstić information content (AvgIpc) is 2.39. The van der Waals surface area contributed by atoms with E-state index in [-0.39, 0.29) is 0 Å². The van der Waals surface area contributed by atoms with E-state index in [9.17, 15) is 0 Å². The highest BCUT2D eigenvalue weighted by Crippen LogP contribution is 2.31. The molecule has 2 N–H and O–H groups in total. The number of benzene rings is 2. The zero-order chi connectivity index (χ0) is 13.8. The molecule has 0 heterocycles. The number of nitrogen functional groups attached to an aromatic ring is 1. The van der Waals surface area contributed by atoms with Crippen molar-refractivity contribution in [3.05, 3.63) is 53.1 Å². The van der Waals surface area contributed by atoms with Crippen LogP contribution in [-0.2, 0) is 6.54 Å². The van der Waals surface area contributed by atoms with Crippen molar-refractivity contribution in [1.29, 1.82) is 0 Å². The van der Waals surface area contributed by atoms with Crippen LogP contribution in [0, 0.1) is 0 Å². The Hall–Kier alpha value is -1.87. The zero-order valence-corrected chi connectivity index (χ0v) is 11.8. The van der Waals surface area contributed by atoms with E-state index in [4.69, 9.17) is 22.1 Å². The smallest absolute Gasteiger partial charge is 0.118 e. The largest absolute Gasteiger partial charge is 0.497 e. The maximum absolute atomic E-state index is 6.20. The van der Waals surface area contributed by atoms with Gasteiger partial charge in [0, 0.05) is 13.6 Å². The molecule has 0 aliphatic rings. The van der Waals surface area contributed by atoms with Crippen LogP contribution in [0.1, 0.15) is 5.56 Å². The minimum atomic E-state index is 0.663. The van der Waals surface area contributed by atoms with Crippen LogP contribution < -0.4 is 15.4 Å². The van der Waals surface area contributed by atoms with E-state index in [1.54, 1.807) is 7.11 Å². The summed E-state index contributed by atoms with van der Waals surface area (Å²) in [5, 5.41) is 0.663. The summed E-state index contributed by atoms with van der Waals surface area (Å²) in [5.41, 5.74) is 8.69. The quantitative estimate of drug-likeness (QED) is 0.868. The van der Waals surface area contributed by atoms with E-state index in [1.807, 2.05) is 54.4 Å². The van der Waals surface area contributed by atoms with Crippen LogP contribution in [0.15, 0.2) is 42.5 Å². The fourth-order valence-corrected chi connectivity index (χ4v) is 2.34. The van der Waals surface area contributed by atoms with Gasteiger partial charge in [-0.25, -0.2) is 0 Å². The first-order chi connectivity index (χ1) is 9.11. The predicted molar refractivity (Wildman–Crippen MR) is 81.0 cm³/mol. The van der Waals surface area contributed by atoms with Crippen molar-refractivity contribution in [2.75, 3.05) is 24.8 Å². The van der Waals surface area contributed by atoms with E-state index in [0.29, 0.717) is 10.7 Å². The Bertz CT molecular complexity index is 534. The lowest BCUT2D eigenvalue weighted by atomic mass is 10.2. The number of rotatable bonds is 4. The molecular formula is C15H17ClN2O. The lowest BCUT2D eigenvalue weighted by Crippen LogP contribution is -2.18. The van der Waals surface area contributed by atoms with Gasteiger partial charge in [-0.05, 0) is 29.8 Å². The Morgan fingerprint density at radius 2 is 1.84 bits per heavy atom. The Labute approximate surface area is 118 Å². The third-order valence-electron chi connectivity index (χ3n) is 2.98. The molecule has 0 bridgehead atoms. The summed E-state index contributed by atoms with van der Waals surface area (Å²) in [7, 11) is 3.63. The number of halogens is 1. The highest BCUT2D eigenvalue weighted by Gasteiger charge is 2.10. The van der Waals surface area contributed by atoms with E-state index >= 15 is 0 Å². The third kappa shape index (κ3) is 3.12. The molecule has 0 atom stereocenters. The molecule has 2 rings (SSSR count). The molecule has 0 unspecified atom stereocenters. The molecule has 2 aromatic carbocycles. The first kappa shape index (κ1) is 13.6. The Morgan fingerprint density at radius 1 is 1.16 bits per heavy atom. The summed E-state index contributed by atoms with van der Waals surface area (Å²) in [4.78, 5) is 2.04. The summed E-state index contributed by atoms with van der Waals surface area (Å²) < 4.78 is 5.14. The van der Waals surface area contributed by atoms with Gasteiger partial charge in [-0.2, -0.15) is 0 Å².